The van der Waals surface area contributed by atoms with Crippen LogP contribution in [0.4, 0.5) is 0 Å². The minimum absolute atomic E-state index is 0.0244. The molecule has 0 saturated carbocycles. The smallest absolute Gasteiger partial charge is 0.167 e. The zero-order valence-corrected chi connectivity index (χ0v) is 16.2. The number of aliphatic hydroxyl groups excluding tert-OH is 1. The highest BCUT2D eigenvalue weighted by molar-refractivity contribution is 6.35. The minimum Gasteiger partial charge on any atom is -0.512 e. The second-order valence-corrected chi connectivity index (χ2v) is 8.18. The summed E-state index contributed by atoms with van der Waals surface area (Å²) in [5.74, 6) is 0.139. The molecule has 4 heteroatoms. The lowest BCUT2D eigenvalue weighted by Gasteiger charge is -2.39. The maximum atomic E-state index is 13.0. The van der Waals surface area contributed by atoms with Crippen LogP contribution in [0.15, 0.2) is 48.2 Å². The van der Waals surface area contributed by atoms with Gasteiger partial charge in [-0.25, -0.2) is 0 Å². The standard InChI is InChI=1S/C23H23ClO3/c1-15-2-4-16(5-3-15)17-6-7-19(24)18(12-17)22-20(25)13-23(14-21(22)26)8-10-27-11-9-23/h2-7,12,25H,8-11,13-14H2,1H3. The Morgan fingerprint density at radius 1 is 1.00 bits per heavy atom. The van der Waals surface area contributed by atoms with Crippen LogP contribution in [-0.4, -0.2) is 24.1 Å². The quantitative estimate of drug-likeness (QED) is 0.719. The number of benzene rings is 2. The van der Waals surface area contributed by atoms with E-state index < -0.39 is 0 Å². The molecule has 1 fully saturated rings. The van der Waals surface area contributed by atoms with Crippen LogP contribution in [0.3, 0.4) is 0 Å². The number of hydrogen-bond acceptors (Lipinski definition) is 3. The summed E-state index contributed by atoms with van der Waals surface area (Å²) in [6.45, 7) is 3.35. The number of ketones is 1. The van der Waals surface area contributed by atoms with Crippen molar-refractivity contribution >= 4 is 23.0 Å². The molecule has 2 aromatic carbocycles. The van der Waals surface area contributed by atoms with E-state index in [0.717, 1.165) is 24.0 Å². The van der Waals surface area contributed by atoms with Gasteiger partial charge in [-0.1, -0.05) is 47.5 Å². The summed E-state index contributed by atoms with van der Waals surface area (Å²) in [5.41, 5.74) is 4.07. The number of aliphatic hydroxyl groups is 1. The normalized spacial score (nSPS) is 19.6. The highest BCUT2D eigenvalue weighted by atomic mass is 35.5. The van der Waals surface area contributed by atoms with Gasteiger partial charge < -0.3 is 9.84 Å². The van der Waals surface area contributed by atoms with Gasteiger partial charge in [0.1, 0.15) is 5.76 Å². The van der Waals surface area contributed by atoms with Gasteiger partial charge in [-0.2, -0.15) is 0 Å². The number of hydrogen-bond donors (Lipinski definition) is 1. The molecule has 140 valence electrons. The summed E-state index contributed by atoms with van der Waals surface area (Å²) >= 11 is 6.43. The molecular formula is C23H23ClO3. The second-order valence-electron chi connectivity index (χ2n) is 7.77. The number of aryl methyl sites for hydroxylation is 1. The summed E-state index contributed by atoms with van der Waals surface area (Å²) in [7, 11) is 0. The third-order valence-corrected chi connectivity index (χ3v) is 6.15. The van der Waals surface area contributed by atoms with Crippen molar-refractivity contribution in [3.63, 3.8) is 0 Å². The average molecular weight is 383 g/mol. The third kappa shape index (κ3) is 3.54. The minimum atomic E-state index is -0.163. The number of ether oxygens (including phenoxy) is 1. The van der Waals surface area contributed by atoms with E-state index in [1.165, 1.54) is 5.56 Å². The Kier molecular flexibility index (Phi) is 4.83. The molecule has 2 aromatic rings. The summed E-state index contributed by atoms with van der Waals surface area (Å²) in [6, 6.07) is 13.9. The van der Waals surface area contributed by atoms with Crippen LogP contribution in [-0.2, 0) is 9.53 Å². The van der Waals surface area contributed by atoms with Crippen LogP contribution in [0.5, 0.6) is 0 Å². The Balaban J connectivity index is 1.74. The maximum absolute atomic E-state index is 13.0. The average Bonchev–Trinajstić information content (AvgIpc) is 2.64. The van der Waals surface area contributed by atoms with E-state index in [0.29, 0.717) is 42.2 Å². The SMILES string of the molecule is Cc1ccc(-c2ccc(Cl)c(C3=C(O)CC4(CCOCC4)CC3=O)c2)cc1. The fourth-order valence-electron chi connectivity index (χ4n) is 4.20. The first kappa shape index (κ1) is 18.3. The number of Topliss-reactive ketones (excluding diaryl/α,β-unsaturated/α-hetero) is 1. The predicted molar refractivity (Wildman–Crippen MR) is 108 cm³/mol. The van der Waals surface area contributed by atoms with Gasteiger partial charge in [0.15, 0.2) is 5.78 Å². The number of allylic oxidation sites excluding steroid dienone is 2. The topological polar surface area (TPSA) is 46.5 Å². The summed E-state index contributed by atoms with van der Waals surface area (Å²) in [4.78, 5) is 13.0. The molecule has 0 bridgehead atoms. The number of halogens is 1. The highest BCUT2D eigenvalue weighted by Gasteiger charge is 2.41. The Morgan fingerprint density at radius 2 is 1.67 bits per heavy atom. The van der Waals surface area contributed by atoms with Crippen LogP contribution >= 0.6 is 11.6 Å². The lowest BCUT2D eigenvalue weighted by Crippen LogP contribution is -2.36. The molecule has 0 amide bonds. The van der Waals surface area contributed by atoms with E-state index in [1.54, 1.807) is 6.07 Å². The van der Waals surface area contributed by atoms with Gasteiger partial charge in [0.25, 0.3) is 0 Å². The molecule has 1 heterocycles. The second kappa shape index (κ2) is 7.14. The van der Waals surface area contributed by atoms with Crippen LogP contribution in [0.1, 0.15) is 36.8 Å². The molecule has 0 radical (unpaired) electrons. The molecule has 4 rings (SSSR count). The highest BCUT2D eigenvalue weighted by Crippen LogP contribution is 2.47. The lowest BCUT2D eigenvalue weighted by molar-refractivity contribution is -0.118. The molecular weight excluding hydrogens is 360 g/mol. The number of rotatable bonds is 2. The Bertz CT molecular complexity index is 906. The lowest BCUT2D eigenvalue weighted by atomic mass is 9.68. The van der Waals surface area contributed by atoms with Crippen LogP contribution in [0.2, 0.25) is 5.02 Å². The van der Waals surface area contributed by atoms with Crippen molar-refractivity contribution in [2.75, 3.05) is 13.2 Å². The van der Waals surface area contributed by atoms with Crippen molar-refractivity contribution in [3.8, 4) is 11.1 Å². The van der Waals surface area contributed by atoms with Gasteiger partial charge in [-0.15, -0.1) is 0 Å². The van der Waals surface area contributed by atoms with Crippen molar-refractivity contribution in [2.45, 2.75) is 32.6 Å². The molecule has 1 aliphatic carbocycles. The predicted octanol–water partition coefficient (Wildman–Crippen LogP) is 5.74. The van der Waals surface area contributed by atoms with Gasteiger partial charge in [0.05, 0.1) is 5.57 Å². The van der Waals surface area contributed by atoms with Crippen molar-refractivity contribution in [1.82, 2.24) is 0 Å². The Hall–Kier alpha value is -2.10. The molecule has 0 unspecified atom stereocenters. The summed E-state index contributed by atoms with van der Waals surface area (Å²) in [6.07, 6.45) is 2.59. The summed E-state index contributed by atoms with van der Waals surface area (Å²) < 4.78 is 5.44. The third-order valence-electron chi connectivity index (χ3n) is 5.82. The van der Waals surface area contributed by atoms with Crippen molar-refractivity contribution in [3.05, 3.63) is 64.4 Å². The molecule has 0 atom stereocenters. The maximum Gasteiger partial charge on any atom is 0.167 e. The van der Waals surface area contributed by atoms with Crippen LogP contribution in [0.25, 0.3) is 16.7 Å². The van der Waals surface area contributed by atoms with Gasteiger partial charge >= 0.3 is 0 Å². The molecule has 1 saturated heterocycles. The van der Waals surface area contributed by atoms with Crippen molar-refractivity contribution in [1.29, 1.82) is 0 Å². The zero-order valence-electron chi connectivity index (χ0n) is 15.4. The van der Waals surface area contributed by atoms with Gasteiger partial charge in [-0.3, -0.25) is 4.79 Å². The van der Waals surface area contributed by atoms with Gasteiger partial charge in [0, 0.05) is 36.6 Å². The van der Waals surface area contributed by atoms with E-state index in [2.05, 4.69) is 24.3 Å². The molecule has 2 aliphatic rings. The molecule has 3 nitrogen and oxygen atoms in total. The van der Waals surface area contributed by atoms with E-state index in [4.69, 9.17) is 16.3 Å². The molecule has 1 N–H and O–H groups in total. The largest absolute Gasteiger partial charge is 0.512 e. The fraction of sp³-hybridized carbons (Fsp3) is 0.348. The van der Waals surface area contributed by atoms with Gasteiger partial charge in [-0.05, 0) is 48.4 Å². The molecule has 0 aromatic heterocycles. The Morgan fingerprint density at radius 3 is 2.33 bits per heavy atom. The van der Waals surface area contributed by atoms with Crippen molar-refractivity contribution in [2.24, 2.45) is 5.41 Å². The van der Waals surface area contributed by atoms with E-state index in [-0.39, 0.29) is 17.0 Å². The van der Waals surface area contributed by atoms with Gasteiger partial charge in [0.2, 0.25) is 0 Å². The first-order chi connectivity index (χ1) is 13.0. The Labute approximate surface area is 164 Å². The fourth-order valence-corrected chi connectivity index (χ4v) is 4.41. The van der Waals surface area contributed by atoms with Crippen molar-refractivity contribution < 1.29 is 14.6 Å². The first-order valence-electron chi connectivity index (χ1n) is 9.37. The monoisotopic (exact) mass is 382 g/mol. The zero-order chi connectivity index (χ0) is 19.0. The number of carbonyl (C=O) groups is 1. The molecule has 1 aliphatic heterocycles. The van der Waals surface area contributed by atoms with E-state index in [9.17, 15) is 9.90 Å². The van der Waals surface area contributed by atoms with E-state index in [1.807, 2.05) is 19.1 Å². The first-order valence-corrected chi connectivity index (χ1v) is 9.75. The molecule has 1 spiro atoms. The summed E-state index contributed by atoms with van der Waals surface area (Å²) in [5, 5.41) is 11.3. The number of carbonyl (C=O) groups excluding carboxylic acids is 1. The molecule has 27 heavy (non-hydrogen) atoms. The van der Waals surface area contributed by atoms with E-state index >= 15 is 0 Å². The van der Waals surface area contributed by atoms with Crippen LogP contribution in [0, 0.1) is 12.3 Å². The van der Waals surface area contributed by atoms with Crippen LogP contribution < -0.4 is 0 Å².